The van der Waals surface area contributed by atoms with E-state index in [0.717, 1.165) is 5.56 Å². The predicted molar refractivity (Wildman–Crippen MR) is 57.3 cm³/mol. The number of hydrogen-bond acceptors (Lipinski definition) is 2. The average Bonchev–Trinajstić information content (AvgIpc) is 2.59. The van der Waals surface area contributed by atoms with Crippen LogP contribution in [0.15, 0.2) is 28.9 Å². The zero-order valence-electron chi connectivity index (χ0n) is 8.65. The SMILES string of the molecule is CC(C)c1ccc2c(C(=O)O)coc2c1. The molecule has 0 saturated carbocycles. The van der Waals surface area contributed by atoms with E-state index >= 15 is 0 Å². The van der Waals surface area contributed by atoms with E-state index in [9.17, 15) is 4.79 Å². The molecule has 2 aromatic rings. The lowest BCUT2D eigenvalue weighted by atomic mass is 10.0. The van der Waals surface area contributed by atoms with Gasteiger partial charge in [-0.15, -0.1) is 0 Å². The summed E-state index contributed by atoms with van der Waals surface area (Å²) >= 11 is 0. The molecule has 0 bridgehead atoms. The third-order valence-corrected chi connectivity index (χ3v) is 2.50. The van der Waals surface area contributed by atoms with Crippen LogP contribution >= 0.6 is 0 Å². The Balaban J connectivity index is 2.61. The molecule has 1 aromatic heterocycles. The first-order chi connectivity index (χ1) is 7.09. The lowest BCUT2D eigenvalue weighted by molar-refractivity contribution is 0.0698. The van der Waals surface area contributed by atoms with E-state index in [0.29, 0.717) is 16.9 Å². The molecule has 0 aliphatic rings. The van der Waals surface area contributed by atoms with Gasteiger partial charge in [0.15, 0.2) is 0 Å². The van der Waals surface area contributed by atoms with Crippen molar-refractivity contribution in [3.63, 3.8) is 0 Å². The summed E-state index contributed by atoms with van der Waals surface area (Å²) in [7, 11) is 0. The zero-order valence-corrected chi connectivity index (χ0v) is 8.65. The van der Waals surface area contributed by atoms with Gasteiger partial charge in [-0.25, -0.2) is 4.79 Å². The molecule has 0 aliphatic carbocycles. The van der Waals surface area contributed by atoms with Crippen LogP contribution in [0.5, 0.6) is 0 Å². The van der Waals surface area contributed by atoms with Crippen molar-refractivity contribution in [1.29, 1.82) is 0 Å². The molecule has 0 atom stereocenters. The number of carboxylic acid groups (broad SMARTS) is 1. The van der Waals surface area contributed by atoms with Crippen molar-refractivity contribution in [3.05, 3.63) is 35.6 Å². The Hall–Kier alpha value is -1.77. The fraction of sp³-hybridized carbons (Fsp3) is 0.250. The first kappa shape index (κ1) is 9.77. The summed E-state index contributed by atoms with van der Waals surface area (Å²) in [4.78, 5) is 10.8. The fourth-order valence-corrected chi connectivity index (χ4v) is 1.57. The van der Waals surface area contributed by atoms with Crippen LogP contribution in [-0.2, 0) is 0 Å². The molecular weight excluding hydrogens is 192 g/mol. The molecule has 0 amide bonds. The van der Waals surface area contributed by atoms with Crippen molar-refractivity contribution in [1.82, 2.24) is 0 Å². The highest BCUT2D eigenvalue weighted by molar-refractivity contribution is 6.02. The summed E-state index contributed by atoms with van der Waals surface area (Å²) in [6.07, 6.45) is 1.29. The summed E-state index contributed by atoms with van der Waals surface area (Å²) < 4.78 is 5.22. The van der Waals surface area contributed by atoms with Gasteiger partial charge in [0.25, 0.3) is 0 Å². The first-order valence-corrected chi connectivity index (χ1v) is 4.84. The molecule has 0 saturated heterocycles. The molecule has 3 nitrogen and oxygen atoms in total. The second-order valence-corrected chi connectivity index (χ2v) is 3.86. The largest absolute Gasteiger partial charge is 0.478 e. The third kappa shape index (κ3) is 1.61. The van der Waals surface area contributed by atoms with Crippen LogP contribution < -0.4 is 0 Å². The van der Waals surface area contributed by atoms with E-state index < -0.39 is 5.97 Å². The van der Waals surface area contributed by atoms with Crippen LogP contribution in [0.1, 0.15) is 35.7 Å². The molecule has 3 heteroatoms. The highest BCUT2D eigenvalue weighted by Gasteiger charge is 2.12. The molecule has 0 radical (unpaired) electrons. The van der Waals surface area contributed by atoms with Crippen LogP contribution in [0.25, 0.3) is 11.0 Å². The van der Waals surface area contributed by atoms with Gasteiger partial charge in [-0.1, -0.05) is 19.9 Å². The molecule has 1 aromatic carbocycles. The Bertz CT molecular complexity index is 509. The van der Waals surface area contributed by atoms with E-state index in [2.05, 4.69) is 13.8 Å². The minimum absolute atomic E-state index is 0.223. The van der Waals surface area contributed by atoms with Gasteiger partial charge < -0.3 is 9.52 Å². The summed E-state index contributed by atoms with van der Waals surface area (Å²) in [5, 5.41) is 9.55. The number of carboxylic acids is 1. The minimum Gasteiger partial charge on any atom is -0.478 e. The van der Waals surface area contributed by atoms with Crippen molar-refractivity contribution in [2.24, 2.45) is 0 Å². The van der Waals surface area contributed by atoms with Gasteiger partial charge in [0.1, 0.15) is 17.4 Å². The van der Waals surface area contributed by atoms with Gasteiger partial charge in [-0.2, -0.15) is 0 Å². The van der Waals surface area contributed by atoms with Crippen LogP contribution in [0.3, 0.4) is 0 Å². The number of furan rings is 1. The Morgan fingerprint density at radius 3 is 2.73 bits per heavy atom. The van der Waals surface area contributed by atoms with E-state index in [1.807, 2.05) is 12.1 Å². The van der Waals surface area contributed by atoms with E-state index in [1.165, 1.54) is 6.26 Å². The normalized spacial score (nSPS) is 11.1. The van der Waals surface area contributed by atoms with Crippen molar-refractivity contribution in [2.75, 3.05) is 0 Å². The number of carbonyl (C=O) groups is 1. The molecule has 0 spiro atoms. The van der Waals surface area contributed by atoms with E-state index in [1.54, 1.807) is 6.07 Å². The fourth-order valence-electron chi connectivity index (χ4n) is 1.57. The number of aromatic carboxylic acids is 1. The zero-order chi connectivity index (χ0) is 11.0. The molecule has 0 aliphatic heterocycles. The maximum absolute atomic E-state index is 10.8. The quantitative estimate of drug-likeness (QED) is 0.816. The lowest BCUT2D eigenvalue weighted by Crippen LogP contribution is -1.93. The van der Waals surface area contributed by atoms with Crippen LogP contribution in [0.4, 0.5) is 0 Å². The second kappa shape index (κ2) is 3.42. The Kier molecular flexibility index (Phi) is 2.23. The summed E-state index contributed by atoms with van der Waals surface area (Å²) in [5.74, 6) is -0.543. The molecular formula is C12H12O3. The molecule has 0 fully saturated rings. The Labute approximate surface area is 87.3 Å². The number of hydrogen-bond donors (Lipinski definition) is 1. The predicted octanol–water partition coefficient (Wildman–Crippen LogP) is 3.25. The van der Waals surface area contributed by atoms with Gasteiger partial charge in [0, 0.05) is 5.39 Å². The number of fused-ring (bicyclic) bond motifs is 1. The summed E-state index contributed by atoms with van der Waals surface area (Å²) in [6.45, 7) is 4.17. The highest BCUT2D eigenvalue weighted by Crippen LogP contribution is 2.25. The van der Waals surface area contributed by atoms with Gasteiger partial charge >= 0.3 is 5.97 Å². The highest BCUT2D eigenvalue weighted by atomic mass is 16.4. The topological polar surface area (TPSA) is 50.4 Å². The summed E-state index contributed by atoms with van der Waals surface area (Å²) in [5.41, 5.74) is 2.01. The Morgan fingerprint density at radius 2 is 2.13 bits per heavy atom. The smallest absolute Gasteiger partial charge is 0.339 e. The molecule has 0 unspecified atom stereocenters. The van der Waals surface area contributed by atoms with Crippen molar-refractivity contribution in [2.45, 2.75) is 19.8 Å². The van der Waals surface area contributed by atoms with Crippen molar-refractivity contribution >= 4 is 16.9 Å². The number of benzene rings is 1. The lowest BCUT2D eigenvalue weighted by Gasteiger charge is -2.03. The summed E-state index contributed by atoms with van der Waals surface area (Å²) in [6, 6.07) is 5.64. The second-order valence-electron chi connectivity index (χ2n) is 3.86. The van der Waals surface area contributed by atoms with E-state index in [4.69, 9.17) is 9.52 Å². The van der Waals surface area contributed by atoms with Gasteiger partial charge in [0.2, 0.25) is 0 Å². The van der Waals surface area contributed by atoms with Gasteiger partial charge in [0.05, 0.1) is 0 Å². The monoisotopic (exact) mass is 204 g/mol. The van der Waals surface area contributed by atoms with Gasteiger partial charge in [-0.3, -0.25) is 0 Å². The standard InChI is InChI=1S/C12H12O3/c1-7(2)8-3-4-9-10(12(13)14)6-15-11(9)5-8/h3-7H,1-2H3,(H,13,14). The molecule has 1 heterocycles. The maximum Gasteiger partial charge on any atom is 0.339 e. The molecule has 15 heavy (non-hydrogen) atoms. The molecule has 1 N–H and O–H groups in total. The van der Waals surface area contributed by atoms with Crippen LogP contribution in [0, 0.1) is 0 Å². The van der Waals surface area contributed by atoms with E-state index in [-0.39, 0.29) is 5.56 Å². The van der Waals surface area contributed by atoms with Crippen LogP contribution in [0.2, 0.25) is 0 Å². The van der Waals surface area contributed by atoms with Crippen molar-refractivity contribution in [3.8, 4) is 0 Å². The average molecular weight is 204 g/mol. The van der Waals surface area contributed by atoms with Crippen molar-refractivity contribution < 1.29 is 14.3 Å². The Morgan fingerprint density at radius 1 is 1.40 bits per heavy atom. The maximum atomic E-state index is 10.8. The van der Waals surface area contributed by atoms with Gasteiger partial charge in [-0.05, 0) is 23.6 Å². The molecule has 2 rings (SSSR count). The first-order valence-electron chi connectivity index (χ1n) is 4.84. The molecule has 78 valence electrons. The third-order valence-electron chi connectivity index (χ3n) is 2.50. The van der Waals surface area contributed by atoms with Crippen LogP contribution in [-0.4, -0.2) is 11.1 Å². The minimum atomic E-state index is -0.953. The number of rotatable bonds is 2.